The first-order valence-electron chi connectivity index (χ1n) is 6.96. The van der Waals surface area contributed by atoms with E-state index in [1.165, 1.54) is 18.2 Å². The number of aromatic nitrogens is 1. The summed E-state index contributed by atoms with van der Waals surface area (Å²) in [6.45, 7) is -0.574. The van der Waals surface area contributed by atoms with Crippen molar-refractivity contribution in [2.75, 3.05) is 0 Å². The van der Waals surface area contributed by atoms with Crippen molar-refractivity contribution in [1.29, 1.82) is 0 Å². The Hall–Kier alpha value is -4.09. The average Bonchev–Trinajstić information content (AvgIpc) is 2.61. The molecule has 0 spiro atoms. The van der Waals surface area contributed by atoms with Gasteiger partial charge in [0.25, 0.3) is 28.7 Å². The quantitative estimate of drug-likeness (QED) is 0.563. The fourth-order valence-corrected chi connectivity index (χ4v) is 1.90. The Morgan fingerprint density at radius 2 is 1.69 bits per heavy atom. The normalized spacial score (nSPS) is 10.0. The number of hydrogen-bond donors (Lipinski definition) is 2. The molecular weight excluding hydrogens is 350 g/mol. The molecule has 0 atom stereocenters. The van der Waals surface area contributed by atoms with E-state index in [9.17, 15) is 34.6 Å². The fourth-order valence-electron chi connectivity index (χ4n) is 1.90. The molecule has 12 nitrogen and oxygen atoms in total. The molecule has 1 aromatic heterocycles. The van der Waals surface area contributed by atoms with E-state index in [2.05, 4.69) is 0 Å². The van der Waals surface area contributed by atoms with Gasteiger partial charge in [0.15, 0.2) is 0 Å². The SMILES string of the molecule is O=C(Cn1cc([N+](=O)[O-])ccc1=O)NNC(=O)c1cccc([N+](=O)[O-])c1. The van der Waals surface area contributed by atoms with Crippen LogP contribution >= 0.6 is 0 Å². The number of rotatable bonds is 5. The molecule has 2 rings (SSSR count). The van der Waals surface area contributed by atoms with Gasteiger partial charge < -0.3 is 0 Å². The average molecular weight is 361 g/mol. The highest BCUT2D eigenvalue weighted by Crippen LogP contribution is 2.12. The van der Waals surface area contributed by atoms with Crippen molar-refractivity contribution in [2.24, 2.45) is 0 Å². The van der Waals surface area contributed by atoms with E-state index >= 15 is 0 Å². The van der Waals surface area contributed by atoms with Gasteiger partial charge in [-0.25, -0.2) is 0 Å². The summed E-state index contributed by atoms with van der Waals surface area (Å²) in [5.41, 5.74) is 2.67. The van der Waals surface area contributed by atoms with Gasteiger partial charge in [0, 0.05) is 29.8 Å². The topological polar surface area (TPSA) is 166 Å². The van der Waals surface area contributed by atoms with Crippen molar-refractivity contribution in [1.82, 2.24) is 15.4 Å². The molecule has 0 saturated heterocycles. The Labute approximate surface area is 144 Å². The summed E-state index contributed by atoms with van der Waals surface area (Å²) >= 11 is 0. The second kappa shape index (κ2) is 7.65. The van der Waals surface area contributed by atoms with E-state index in [1.54, 1.807) is 0 Å². The molecule has 0 radical (unpaired) electrons. The first-order chi connectivity index (χ1) is 12.3. The van der Waals surface area contributed by atoms with Crippen molar-refractivity contribution in [2.45, 2.75) is 6.54 Å². The fraction of sp³-hybridized carbons (Fsp3) is 0.0714. The molecule has 0 aliphatic carbocycles. The molecule has 0 saturated carbocycles. The zero-order valence-electron chi connectivity index (χ0n) is 12.9. The number of carbonyl (C=O) groups excluding carboxylic acids is 2. The maximum Gasteiger partial charge on any atom is 0.285 e. The van der Waals surface area contributed by atoms with Crippen LogP contribution in [0.4, 0.5) is 11.4 Å². The minimum atomic E-state index is -0.827. The highest BCUT2D eigenvalue weighted by molar-refractivity contribution is 5.95. The van der Waals surface area contributed by atoms with Crippen LogP contribution < -0.4 is 16.4 Å². The van der Waals surface area contributed by atoms with E-state index in [-0.39, 0.29) is 16.9 Å². The highest BCUT2D eigenvalue weighted by atomic mass is 16.6. The predicted molar refractivity (Wildman–Crippen MR) is 86.1 cm³/mol. The van der Waals surface area contributed by atoms with Crippen LogP contribution in [0.3, 0.4) is 0 Å². The molecule has 2 amide bonds. The molecule has 0 aliphatic rings. The molecule has 0 fully saturated rings. The van der Waals surface area contributed by atoms with Gasteiger partial charge in [0.1, 0.15) is 6.54 Å². The monoisotopic (exact) mass is 361 g/mol. The van der Waals surface area contributed by atoms with E-state index in [4.69, 9.17) is 0 Å². The van der Waals surface area contributed by atoms with Crippen molar-refractivity contribution in [3.63, 3.8) is 0 Å². The van der Waals surface area contributed by atoms with Crippen LogP contribution in [0.1, 0.15) is 10.4 Å². The van der Waals surface area contributed by atoms with Crippen molar-refractivity contribution in [3.8, 4) is 0 Å². The number of nitrogens with one attached hydrogen (secondary N) is 2. The van der Waals surface area contributed by atoms with Crippen LogP contribution in [-0.2, 0) is 11.3 Å². The van der Waals surface area contributed by atoms with E-state index in [0.29, 0.717) is 0 Å². The van der Waals surface area contributed by atoms with Crippen molar-refractivity contribution >= 4 is 23.2 Å². The summed E-state index contributed by atoms with van der Waals surface area (Å²) in [5, 5.41) is 21.4. The minimum Gasteiger partial charge on any atom is -0.299 e. The van der Waals surface area contributed by atoms with Crippen LogP contribution in [0, 0.1) is 20.2 Å². The number of carbonyl (C=O) groups is 2. The van der Waals surface area contributed by atoms with Crippen molar-refractivity contribution in [3.05, 3.63) is 78.7 Å². The number of hydrogen-bond acceptors (Lipinski definition) is 7. The third-order valence-corrected chi connectivity index (χ3v) is 3.13. The van der Waals surface area contributed by atoms with Gasteiger partial charge in [0.2, 0.25) is 0 Å². The predicted octanol–water partition coefficient (Wildman–Crippen LogP) is 0.126. The van der Waals surface area contributed by atoms with Crippen LogP contribution in [0.2, 0.25) is 0 Å². The van der Waals surface area contributed by atoms with Gasteiger partial charge >= 0.3 is 0 Å². The number of nitro benzene ring substituents is 1. The zero-order chi connectivity index (χ0) is 19.3. The second-order valence-electron chi connectivity index (χ2n) is 4.92. The Bertz CT molecular complexity index is 953. The molecule has 26 heavy (non-hydrogen) atoms. The van der Waals surface area contributed by atoms with Crippen LogP contribution in [0.25, 0.3) is 0 Å². The lowest BCUT2D eigenvalue weighted by atomic mass is 10.2. The van der Waals surface area contributed by atoms with Gasteiger partial charge in [-0.3, -0.25) is 50.0 Å². The Morgan fingerprint density at radius 1 is 1.00 bits per heavy atom. The summed E-state index contributed by atoms with van der Waals surface area (Å²) in [6.07, 6.45) is 0.893. The molecule has 2 aromatic rings. The number of non-ortho nitro benzene ring substituents is 1. The lowest BCUT2D eigenvalue weighted by molar-refractivity contribution is -0.385. The Morgan fingerprint density at radius 3 is 2.35 bits per heavy atom. The van der Waals surface area contributed by atoms with Gasteiger partial charge in [-0.15, -0.1) is 0 Å². The van der Waals surface area contributed by atoms with Crippen LogP contribution in [0.5, 0.6) is 0 Å². The van der Waals surface area contributed by atoms with E-state index in [1.807, 2.05) is 10.9 Å². The lowest BCUT2D eigenvalue weighted by Gasteiger charge is -2.08. The zero-order valence-corrected chi connectivity index (χ0v) is 12.9. The van der Waals surface area contributed by atoms with Gasteiger partial charge in [-0.05, 0) is 6.07 Å². The van der Waals surface area contributed by atoms with Crippen LogP contribution in [0.15, 0.2) is 47.4 Å². The first-order valence-corrected chi connectivity index (χ1v) is 6.96. The van der Waals surface area contributed by atoms with E-state index in [0.717, 1.165) is 29.0 Å². The van der Waals surface area contributed by atoms with Gasteiger partial charge in [-0.1, -0.05) is 6.07 Å². The molecule has 1 aromatic carbocycles. The Balaban J connectivity index is 2.01. The lowest BCUT2D eigenvalue weighted by Crippen LogP contribution is -2.44. The number of hydrazine groups is 1. The molecule has 0 unspecified atom stereocenters. The summed E-state index contributed by atoms with van der Waals surface area (Å²) < 4.78 is 0.799. The number of nitro groups is 2. The summed E-state index contributed by atoms with van der Waals surface area (Å²) in [6, 6.07) is 6.77. The van der Waals surface area contributed by atoms with Gasteiger partial charge in [-0.2, -0.15) is 0 Å². The molecule has 0 aliphatic heterocycles. The third-order valence-electron chi connectivity index (χ3n) is 3.13. The maximum absolute atomic E-state index is 11.9. The van der Waals surface area contributed by atoms with Crippen molar-refractivity contribution < 1.29 is 19.4 Å². The molecular formula is C14H11N5O7. The molecule has 12 heteroatoms. The first kappa shape index (κ1) is 18.3. The third kappa shape index (κ3) is 4.47. The summed E-state index contributed by atoms with van der Waals surface area (Å²) in [5.74, 6) is -1.64. The molecule has 1 heterocycles. The summed E-state index contributed by atoms with van der Waals surface area (Å²) in [4.78, 5) is 55.2. The minimum absolute atomic E-state index is 0.0629. The number of pyridine rings is 1. The van der Waals surface area contributed by atoms with Gasteiger partial charge in [0.05, 0.1) is 16.0 Å². The largest absolute Gasteiger partial charge is 0.299 e. The molecule has 2 N–H and O–H groups in total. The summed E-state index contributed by atoms with van der Waals surface area (Å²) in [7, 11) is 0. The standard InChI is InChI=1S/C14H11N5O7/c20-12(8-17-7-11(19(25)26)4-5-13(17)21)15-16-14(22)9-2-1-3-10(6-9)18(23)24/h1-7H,8H2,(H,15,20)(H,16,22). The maximum atomic E-state index is 11.9. The Kier molecular flexibility index (Phi) is 5.37. The number of benzene rings is 1. The molecule has 134 valence electrons. The van der Waals surface area contributed by atoms with Crippen LogP contribution in [-0.4, -0.2) is 26.2 Å². The number of nitrogens with zero attached hydrogens (tertiary/aromatic N) is 3. The number of amides is 2. The highest BCUT2D eigenvalue weighted by Gasteiger charge is 2.14. The smallest absolute Gasteiger partial charge is 0.285 e. The second-order valence-corrected chi connectivity index (χ2v) is 4.92. The van der Waals surface area contributed by atoms with E-state index < -0.39 is 33.8 Å². The molecule has 0 bridgehead atoms.